The normalized spacial score (nSPS) is 16.0. The fraction of sp³-hybridized carbons (Fsp3) is 0.545. The van der Waals surface area contributed by atoms with Crippen molar-refractivity contribution < 1.29 is 4.79 Å². The van der Waals surface area contributed by atoms with E-state index in [0.717, 1.165) is 25.7 Å². The first kappa shape index (κ1) is 12.0. The second kappa shape index (κ2) is 5.27. The highest BCUT2D eigenvalue weighted by atomic mass is 32.1. The Labute approximate surface area is 105 Å². The van der Waals surface area contributed by atoms with Crippen LogP contribution in [0, 0.1) is 0 Å². The van der Waals surface area contributed by atoms with Crippen molar-refractivity contribution in [3.63, 3.8) is 0 Å². The molecule has 0 saturated heterocycles. The van der Waals surface area contributed by atoms with Gasteiger partial charge in [-0.3, -0.25) is 9.89 Å². The summed E-state index contributed by atoms with van der Waals surface area (Å²) >= 11 is 4.91. The largest absolute Gasteiger partial charge is 0.392 e. The molecule has 0 unspecified atom stereocenters. The number of hydrogen-bond donors (Lipinski definition) is 2. The van der Waals surface area contributed by atoms with Gasteiger partial charge in [-0.05, 0) is 18.9 Å². The molecule has 1 fully saturated rings. The van der Waals surface area contributed by atoms with Gasteiger partial charge in [0.1, 0.15) is 5.69 Å². The molecule has 1 saturated carbocycles. The highest BCUT2D eigenvalue weighted by Gasteiger charge is 2.28. The van der Waals surface area contributed by atoms with Gasteiger partial charge < -0.3 is 10.6 Å². The van der Waals surface area contributed by atoms with Crippen LogP contribution < -0.4 is 5.73 Å². The van der Waals surface area contributed by atoms with Crippen LogP contribution >= 0.6 is 12.2 Å². The molecule has 0 spiro atoms. The van der Waals surface area contributed by atoms with Gasteiger partial charge in [0.05, 0.1) is 11.5 Å². The summed E-state index contributed by atoms with van der Waals surface area (Å²) in [5.74, 6) is -0.0674. The molecule has 1 aliphatic carbocycles. The van der Waals surface area contributed by atoms with Crippen LogP contribution in [0.4, 0.5) is 0 Å². The predicted octanol–water partition coefficient (Wildman–Crippen LogP) is 1.08. The zero-order valence-electron chi connectivity index (χ0n) is 9.56. The van der Waals surface area contributed by atoms with E-state index in [2.05, 4.69) is 10.2 Å². The highest BCUT2D eigenvalue weighted by Crippen LogP contribution is 2.24. The number of thiocarbonyl (C=S) groups is 1. The van der Waals surface area contributed by atoms with Crippen LogP contribution in [-0.4, -0.2) is 38.6 Å². The van der Waals surface area contributed by atoms with Gasteiger partial charge >= 0.3 is 0 Å². The number of nitrogens with zero attached hydrogens (tertiary/aromatic N) is 2. The van der Waals surface area contributed by atoms with Gasteiger partial charge in [0.25, 0.3) is 5.91 Å². The number of amides is 1. The molecule has 1 heterocycles. The molecule has 0 atom stereocenters. The molecule has 2 rings (SSSR count). The summed E-state index contributed by atoms with van der Waals surface area (Å²) in [5.41, 5.74) is 6.06. The molecule has 3 N–H and O–H groups in total. The molecule has 6 heteroatoms. The first-order chi connectivity index (χ1) is 8.18. The fourth-order valence-electron chi connectivity index (χ4n) is 2.28. The van der Waals surface area contributed by atoms with Gasteiger partial charge in [0, 0.05) is 12.2 Å². The van der Waals surface area contributed by atoms with Crippen molar-refractivity contribution in [1.29, 1.82) is 0 Å². The zero-order chi connectivity index (χ0) is 12.3. The summed E-state index contributed by atoms with van der Waals surface area (Å²) in [6.45, 7) is 0.345. The zero-order valence-corrected chi connectivity index (χ0v) is 10.4. The molecule has 1 aliphatic rings. The first-order valence-electron chi connectivity index (χ1n) is 5.77. The average molecular weight is 252 g/mol. The minimum atomic E-state index is -0.0674. The summed E-state index contributed by atoms with van der Waals surface area (Å²) in [6.07, 6.45) is 5.95. The lowest BCUT2D eigenvalue weighted by Gasteiger charge is -2.27. The SMILES string of the molecule is NC(=S)CN(C(=O)c1ccn[nH]1)C1CCCC1. The molecular weight excluding hydrogens is 236 g/mol. The monoisotopic (exact) mass is 252 g/mol. The Morgan fingerprint density at radius 1 is 1.59 bits per heavy atom. The van der Waals surface area contributed by atoms with Crippen LogP contribution in [0.1, 0.15) is 36.2 Å². The minimum absolute atomic E-state index is 0.0674. The first-order valence-corrected chi connectivity index (χ1v) is 6.18. The van der Waals surface area contributed by atoms with Gasteiger partial charge in [-0.2, -0.15) is 5.10 Å². The summed E-state index contributed by atoms with van der Waals surface area (Å²) in [7, 11) is 0. The molecule has 0 aliphatic heterocycles. The van der Waals surface area contributed by atoms with Gasteiger partial charge in [0.2, 0.25) is 0 Å². The molecule has 5 nitrogen and oxygen atoms in total. The van der Waals surface area contributed by atoms with Crippen LogP contribution in [-0.2, 0) is 0 Å². The maximum atomic E-state index is 12.3. The molecular formula is C11H16N4OS. The van der Waals surface area contributed by atoms with Crippen LogP contribution in [0.3, 0.4) is 0 Å². The summed E-state index contributed by atoms with van der Waals surface area (Å²) in [5, 5.41) is 6.48. The Morgan fingerprint density at radius 3 is 2.82 bits per heavy atom. The number of nitrogens with two attached hydrogens (primary N) is 1. The quantitative estimate of drug-likeness (QED) is 0.786. The number of rotatable bonds is 4. The Kier molecular flexibility index (Phi) is 3.73. The fourth-order valence-corrected chi connectivity index (χ4v) is 2.42. The van der Waals surface area contributed by atoms with Crippen molar-refractivity contribution in [2.75, 3.05) is 6.54 Å². The highest BCUT2D eigenvalue weighted by molar-refractivity contribution is 7.80. The Balaban J connectivity index is 2.14. The molecule has 0 radical (unpaired) electrons. The lowest BCUT2D eigenvalue weighted by atomic mass is 10.2. The number of aromatic amines is 1. The predicted molar refractivity (Wildman–Crippen MR) is 68.7 cm³/mol. The van der Waals surface area contributed by atoms with Crippen LogP contribution in [0.25, 0.3) is 0 Å². The number of H-pyrrole nitrogens is 1. The van der Waals surface area contributed by atoms with Crippen molar-refractivity contribution in [3.8, 4) is 0 Å². The molecule has 92 valence electrons. The third kappa shape index (κ3) is 2.82. The number of hydrogen-bond acceptors (Lipinski definition) is 3. The van der Waals surface area contributed by atoms with E-state index >= 15 is 0 Å². The van der Waals surface area contributed by atoms with E-state index in [4.69, 9.17) is 18.0 Å². The van der Waals surface area contributed by atoms with Gasteiger partial charge in [-0.25, -0.2) is 0 Å². The van der Waals surface area contributed by atoms with Crippen molar-refractivity contribution >= 4 is 23.1 Å². The van der Waals surface area contributed by atoms with Crippen molar-refractivity contribution in [1.82, 2.24) is 15.1 Å². The van der Waals surface area contributed by atoms with Gasteiger partial charge in [-0.1, -0.05) is 25.1 Å². The summed E-state index contributed by atoms with van der Waals surface area (Å²) in [4.78, 5) is 14.4. The third-order valence-corrected chi connectivity index (χ3v) is 3.21. The standard InChI is InChI=1S/C11H16N4OS/c12-10(17)7-15(8-3-1-2-4-8)11(16)9-5-6-13-14-9/h5-6,8H,1-4,7H2,(H2,12,17)(H,13,14). The minimum Gasteiger partial charge on any atom is -0.392 e. The molecule has 0 aromatic carbocycles. The Hall–Kier alpha value is -1.43. The van der Waals surface area contributed by atoms with E-state index in [-0.39, 0.29) is 11.9 Å². The second-order valence-corrected chi connectivity index (χ2v) is 4.83. The van der Waals surface area contributed by atoms with E-state index in [1.165, 1.54) is 0 Å². The molecule has 1 aromatic rings. The van der Waals surface area contributed by atoms with Crippen LogP contribution in [0.5, 0.6) is 0 Å². The van der Waals surface area contributed by atoms with Crippen LogP contribution in [0.2, 0.25) is 0 Å². The van der Waals surface area contributed by atoms with Crippen LogP contribution in [0.15, 0.2) is 12.3 Å². The molecule has 1 aromatic heterocycles. The molecule has 17 heavy (non-hydrogen) atoms. The Bertz CT molecular complexity index is 398. The summed E-state index contributed by atoms with van der Waals surface area (Å²) in [6, 6.07) is 1.93. The van der Waals surface area contributed by atoms with Crippen molar-refractivity contribution in [2.45, 2.75) is 31.7 Å². The average Bonchev–Trinajstić information content (AvgIpc) is 2.96. The third-order valence-electron chi connectivity index (χ3n) is 3.08. The lowest BCUT2D eigenvalue weighted by molar-refractivity contribution is 0.0708. The lowest BCUT2D eigenvalue weighted by Crippen LogP contribution is -2.43. The van der Waals surface area contributed by atoms with Gasteiger partial charge in [0.15, 0.2) is 0 Å². The Morgan fingerprint density at radius 2 is 2.29 bits per heavy atom. The maximum absolute atomic E-state index is 12.3. The van der Waals surface area contributed by atoms with E-state index in [0.29, 0.717) is 17.2 Å². The topological polar surface area (TPSA) is 75.0 Å². The smallest absolute Gasteiger partial charge is 0.272 e. The van der Waals surface area contributed by atoms with E-state index in [9.17, 15) is 4.79 Å². The number of carbonyl (C=O) groups excluding carboxylic acids is 1. The van der Waals surface area contributed by atoms with Gasteiger partial charge in [-0.15, -0.1) is 0 Å². The van der Waals surface area contributed by atoms with Crippen molar-refractivity contribution in [3.05, 3.63) is 18.0 Å². The summed E-state index contributed by atoms with van der Waals surface area (Å²) < 4.78 is 0. The maximum Gasteiger partial charge on any atom is 0.272 e. The second-order valence-electron chi connectivity index (χ2n) is 4.31. The number of carbonyl (C=O) groups is 1. The van der Waals surface area contributed by atoms with E-state index in [1.807, 2.05) is 0 Å². The van der Waals surface area contributed by atoms with E-state index in [1.54, 1.807) is 17.2 Å². The molecule has 1 amide bonds. The number of nitrogens with one attached hydrogen (secondary N) is 1. The molecule has 0 bridgehead atoms. The number of aromatic nitrogens is 2. The van der Waals surface area contributed by atoms with E-state index < -0.39 is 0 Å². The van der Waals surface area contributed by atoms with Crippen molar-refractivity contribution in [2.24, 2.45) is 5.73 Å².